The second kappa shape index (κ2) is 5.80. The van der Waals surface area contributed by atoms with Gasteiger partial charge in [0.2, 0.25) is 0 Å². The van der Waals surface area contributed by atoms with Crippen LogP contribution in [-0.4, -0.2) is 4.98 Å². The molecule has 0 saturated carbocycles. The first kappa shape index (κ1) is 14.6. The van der Waals surface area contributed by atoms with Crippen LogP contribution in [0.2, 0.25) is 0 Å². The van der Waals surface area contributed by atoms with Gasteiger partial charge >= 0.3 is 0 Å². The lowest BCUT2D eigenvalue weighted by Gasteiger charge is -2.13. The second-order valence-corrected chi connectivity index (χ2v) is 5.70. The van der Waals surface area contributed by atoms with Crippen LogP contribution in [0.25, 0.3) is 11.3 Å². The average Bonchev–Trinajstić information content (AvgIpc) is 2.90. The summed E-state index contributed by atoms with van der Waals surface area (Å²) in [5.41, 5.74) is 9.51. The molecule has 0 bridgehead atoms. The van der Waals surface area contributed by atoms with Gasteiger partial charge in [-0.25, -0.2) is 0 Å². The van der Waals surface area contributed by atoms with Crippen molar-refractivity contribution < 1.29 is 0 Å². The molecule has 0 unspecified atom stereocenters. The Labute approximate surface area is 132 Å². The molecule has 0 aliphatic carbocycles. The van der Waals surface area contributed by atoms with Gasteiger partial charge in [-0.1, -0.05) is 37.8 Å². The van der Waals surface area contributed by atoms with Gasteiger partial charge in [0.25, 0.3) is 0 Å². The molecular weight excluding hydrogens is 268 g/mol. The highest BCUT2D eigenvalue weighted by molar-refractivity contribution is 5.82. The monoisotopic (exact) mass is 290 g/mol. The Morgan fingerprint density at radius 1 is 1.32 bits per heavy atom. The second-order valence-electron chi connectivity index (χ2n) is 5.70. The van der Waals surface area contributed by atoms with E-state index >= 15 is 0 Å². The van der Waals surface area contributed by atoms with Crippen molar-refractivity contribution in [3.8, 4) is 0 Å². The average molecular weight is 290 g/mol. The van der Waals surface area contributed by atoms with Crippen molar-refractivity contribution in [3.63, 3.8) is 0 Å². The quantitative estimate of drug-likeness (QED) is 0.901. The maximum absolute atomic E-state index is 4.70. The summed E-state index contributed by atoms with van der Waals surface area (Å²) in [5, 5.41) is 3.31. The van der Waals surface area contributed by atoms with Crippen molar-refractivity contribution in [2.45, 2.75) is 33.7 Å². The number of aromatic nitrogens is 1. The van der Waals surface area contributed by atoms with Gasteiger partial charge in [0.05, 0.1) is 0 Å². The predicted octanol–water partition coefficient (Wildman–Crippen LogP) is 4.48. The fraction of sp³-hybridized carbons (Fsp3) is 0.250. The summed E-state index contributed by atoms with van der Waals surface area (Å²) in [5.74, 6) is 0. The number of pyridine rings is 1. The van der Waals surface area contributed by atoms with E-state index in [1.807, 2.05) is 0 Å². The highest BCUT2D eigenvalue weighted by Gasteiger charge is 2.16. The third-order valence-electron chi connectivity index (χ3n) is 4.32. The molecule has 1 aliphatic heterocycles. The molecule has 0 radical (unpaired) electrons. The number of nitrogens with one attached hydrogen (secondary N) is 1. The summed E-state index contributed by atoms with van der Waals surface area (Å²) in [6.45, 7) is 11.2. The summed E-state index contributed by atoms with van der Waals surface area (Å²) in [7, 11) is 0. The first-order valence-electron chi connectivity index (χ1n) is 7.83. The van der Waals surface area contributed by atoms with Crippen LogP contribution < -0.4 is 5.32 Å². The standard InChI is InChI=1S/C20H22N2/c1-5-17-8-10-20(14(4)22-17)18(6-2)15-7-9-19-13(3)21-12-16(19)11-15/h6-11,21H,3,5,12H2,1-2,4H3/b18-6-. The lowest BCUT2D eigenvalue weighted by Crippen LogP contribution is -1.99. The largest absolute Gasteiger partial charge is 0.381 e. The maximum Gasteiger partial charge on any atom is 0.0454 e. The Bertz CT molecular complexity index is 769. The minimum Gasteiger partial charge on any atom is -0.381 e. The Balaban J connectivity index is 2.04. The molecule has 1 aromatic carbocycles. The smallest absolute Gasteiger partial charge is 0.0454 e. The Kier molecular flexibility index (Phi) is 3.84. The number of fused-ring (bicyclic) bond motifs is 1. The number of benzene rings is 1. The van der Waals surface area contributed by atoms with E-state index in [0.29, 0.717) is 0 Å². The number of hydrogen-bond acceptors (Lipinski definition) is 2. The van der Waals surface area contributed by atoms with E-state index in [4.69, 9.17) is 4.98 Å². The van der Waals surface area contributed by atoms with Crippen LogP contribution in [-0.2, 0) is 13.0 Å². The topological polar surface area (TPSA) is 24.9 Å². The molecule has 2 heterocycles. The molecular formula is C20H22N2. The molecule has 0 spiro atoms. The van der Waals surface area contributed by atoms with Crippen LogP contribution in [0.5, 0.6) is 0 Å². The van der Waals surface area contributed by atoms with Gasteiger partial charge in [-0.2, -0.15) is 0 Å². The zero-order valence-electron chi connectivity index (χ0n) is 13.5. The van der Waals surface area contributed by atoms with Crippen molar-refractivity contribution in [3.05, 3.63) is 76.6 Å². The lowest BCUT2D eigenvalue weighted by molar-refractivity contribution is 0.945. The molecule has 3 rings (SSSR count). The zero-order chi connectivity index (χ0) is 15.7. The summed E-state index contributed by atoms with van der Waals surface area (Å²) in [4.78, 5) is 4.70. The van der Waals surface area contributed by atoms with Crippen LogP contribution in [0.15, 0.2) is 43.0 Å². The third kappa shape index (κ3) is 2.45. The van der Waals surface area contributed by atoms with Crippen LogP contribution in [0.3, 0.4) is 0 Å². The Hall–Kier alpha value is -2.35. The normalized spacial score (nSPS) is 14.0. The maximum atomic E-state index is 4.70. The van der Waals surface area contributed by atoms with Crippen molar-refractivity contribution >= 4 is 11.3 Å². The molecule has 22 heavy (non-hydrogen) atoms. The number of aryl methyl sites for hydroxylation is 2. The summed E-state index contributed by atoms with van der Waals surface area (Å²) in [6.07, 6.45) is 3.15. The molecule has 112 valence electrons. The number of nitrogens with zero attached hydrogens (tertiary/aromatic N) is 1. The number of hydrogen-bond donors (Lipinski definition) is 1. The van der Waals surface area contributed by atoms with E-state index in [2.05, 4.69) is 69.1 Å². The highest BCUT2D eigenvalue weighted by Crippen LogP contribution is 2.30. The molecule has 0 atom stereocenters. The summed E-state index contributed by atoms with van der Waals surface area (Å²) in [6, 6.07) is 10.9. The molecule has 1 N–H and O–H groups in total. The molecule has 0 saturated heterocycles. The first-order chi connectivity index (χ1) is 10.6. The molecule has 1 aromatic heterocycles. The molecule has 2 nitrogen and oxygen atoms in total. The number of rotatable bonds is 3. The minimum atomic E-state index is 0.866. The van der Waals surface area contributed by atoms with E-state index in [0.717, 1.165) is 30.1 Å². The van der Waals surface area contributed by atoms with Gasteiger partial charge in [-0.3, -0.25) is 4.98 Å². The molecule has 0 fully saturated rings. The van der Waals surface area contributed by atoms with E-state index in [9.17, 15) is 0 Å². The van der Waals surface area contributed by atoms with Crippen molar-refractivity contribution in [1.82, 2.24) is 10.3 Å². The van der Waals surface area contributed by atoms with Crippen molar-refractivity contribution in [1.29, 1.82) is 0 Å². The van der Waals surface area contributed by atoms with Gasteiger partial charge in [0.15, 0.2) is 0 Å². The fourth-order valence-corrected chi connectivity index (χ4v) is 3.07. The predicted molar refractivity (Wildman–Crippen MR) is 93.4 cm³/mol. The van der Waals surface area contributed by atoms with Gasteiger partial charge in [0.1, 0.15) is 0 Å². The first-order valence-corrected chi connectivity index (χ1v) is 7.83. The summed E-state index contributed by atoms with van der Waals surface area (Å²) < 4.78 is 0. The van der Waals surface area contributed by atoms with Gasteiger partial charge in [0, 0.05) is 34.8 Å². The molecule has 0 amide bonds. The zero-order valence-corrected chi connectivity index (χ0v) is 13.5. The molecule has 2 aromatic rings. The van der Waals surface area contributed by atoms with E-state index in [-0.39, 0.29) is 0 Å². The van der Waals surface area contributed by atoms with E-state index < -0.39 is 0 Å². The van der Waals surface area contributed by atoms with E-state index in [1.165, 1.54) is 27.8 Å². The van der Waals surface area contributed by atoms with Crippen LogP contribution in [0, 0.1) is 6.92 Å². The van der Waals surface area contributed by atoms with Crippen LogP contribution in [0.1, 0.15) is 47.5 Å². The molecule has 2 heteroatoms. The van der Waals surface area contributed by atoms with Gasteiger partial charge in [-0.05, 0) is 49.1 Å². The lowest BCUT2D eigenvalue weighted by atomic mass is 9.93. The van der Waals surface area contributed by atoms with Crippen LogP contribution in [0.4, 0.5) is 0 Å². The molecule has 1 aliphatic rings. The highest BCUT2D eigenvalue weighted by atomic mass is 14.9. The van der Waals surface area contributed by atoms with E-state index in [1.54, 1.807) is 0 Å². The van der Waals surface area contributed by atoms with Crippen molar-refractivity contribution in [2.24, 2.45) is 0 Å². The Morgan fingerprint density at radius 2 is 2.14 bits per heavy atom. The van der Waals surface area contributed by atoms with Gasteiger partial charge in [-0.15, -0.1) is 0 Å². The third-order valence-corrected chi connectivity index (χ3v) is 4.32. The van der Waals surface area contributed by atoms with Crippen LogP contribution >= 0.6 is 0 Å². The summed E-state index contributed by atoms with van der Waals surface area (Å²) >= 11 is 0. The number of allylic oxidation sites excluding steroid dienone is 1. The fourth-order valence-electron chi connectivity index (χ4n) is 3.07. The minimum absolute atomic E-state index is 0.866. The van der Waals surface area contributed by atoms with Crippen molar-refractivity contribution in [2.75, 3.05) is 0 Å². The van der Waals surface area contributed by atoms with Gasteiger partial charge < -0.3 is 5.32 Å². The Morgan fingerprint density at radius 3 is 2.82 bits per heavy atom. The SMILES string of the molecule is C=C1NCc2cc(/C(=C/C)c3ccc(CC)nc3C)ccc21.